The van der Waals surface area contributed by atoms with Gasteiger partial charge in [-0.1, -0.05) is 26.8 Å². The van der Waals surface area contributed by atoms with E-state index in [4.69, 9.17) is 5.73 Å². The second kappa shape index (κ2) is 5.41. The summed E-state index contributed by atoms with van der Waals surface area (Å²) in [5, 5.41) is 0. The molecule has 1 aliphatic carbocycles. The van der Waals surface area contributed by atoms with Crippen LogP contribution >= 0.6 is 0 Å². The van der Waals surface area contributed by atoms with Gasteiger partial charge in [-0.15, -0.1) is 0 Å². The van der Waals surface area contributed by atoms with E-state index in [1.54, 1.807) is 6.20 Å². The standard InChI is InChI=1S/C16H24N2O/c1-16(2,3)10-12(17)9-14(19)13-7-6-11-5-4-8-18-15(11)13/h4-5,8,12-13H,6-7,9-10,17H2,1-3H3. The molecular weight excluding hydrogens is 236 g/mol. The molecule has 0 saturated carbocycles. The number of fused-ring (bicyclic) bond motifs is 1. The number of rotatable bonds is 4. The number of pyridine rings is 1. The number of nitrogens with two attached hydrogens (primary N) is 1. The van der Waals surface area contributed by atoms with Gasteiger partial charge in [0.1, 0.15) is 5.78 Å². The van der Waals surface area contributed by atoms with Crippen molar-refractivity contribution in [2.24, 2.45) is 11.1 Å². The number of carbonyl (C=O) groups excluding carboxylic acids is 1. The molecule has 0 spiro atoms. The molecule has 1 aromatic heterocycles. The molecule has 1 heterocycles. The van der Waals surface area contributed by atoms with Gasteiger partial charge in [-0.3, -0.25) is 9.78 Å². The minimum atomic E-state index is -0.0414. The molecular formula is C16H24N2O. The smallest absolute Gasteiger partial charge is 0.143 e. The van der Waals surface area contributed by atoms with Crippen LogP contribution in [0.3, 0.4) is 0 Å². The quantitative estimate of drug-likeness (QED) is 0.905. The second-order valence-electron chi connectivity index (χ2n) is 6.83. The highest BCUT2D eigenvalue weighted by Crippen LogP contribution is 2.33. The maximum atomic E-state index is 12.4. The Hall–Kier alpha value is -1.22. The number of ketones is 1. The summed E-state index contributed by atoms with van der Waals surface area (Å²) in [6, 6.07) is 3.97. The third kappa shape index (κ3) is 3.63. The largest absolute Gasteiger partial charge is 0.327 e. The van der Waals surface area contributed by atoms with Gasteiger partial charge in [0, 0.05) is 18.7 Å². The molecule has 3 nitrogen and oxygen atoms in total. The van der Waals surface area contributed by atoms with Crippen molar-refractivity contribution >= 4 is 5.78 Å². The predicted octanol–water partition coefficient (Wildman–Crippen LogP) is 2.83. The molecule has 2 atom stereocenters. The van der Waals surface area contributed by atoms with Crippen LogP contribution in [0.15, 0.2) is 18.3 Å². The summed E-state index contributed by atoms with van der Waals surface area (Å²) in [6.07, 6.45) is 4.99. The van der Waals surface area contributed by atoms with Crippen LogP contribution in [0.1, 0.15) is 57.2 Å². The summed E-state index contributed by atoms with van der Waals surface area (Å²) in [7, 11) is 0. The molecule has 0 radical (unpaired) electrons. The normalized spacial score (nSPS) is 20.1. The van der Waals surface area contributed by atoms with Crippen molar-refractivity contribution in [2.45, 2.75) is 58.4 Å². The number of aromatic nitrogens is 1. The highest BCUT2D eigenvalue weighted by molar-refractivity contribution is 5.86. The lowest BCUT2D eigenvalue weighted by atomic mass is 9.85. The summed E-state index contributed by atoms with van der Waals surface area (Å²) < 4.78 is 0. The van der Waals surface area contributed by atoms with Crippen molar-refractivity contribution in [3.63, 3.8) is 0 Å². The fraction of sp³-hybridized carbons (Fsp3) is 0.625. The second-order valence-corrected chi connectivity index (χ2v) is 6.83. The minimum Gasteiger partial charge on any atom is -0.327 e. The number of hydrogen-bond donors (Lipinski definition) is 1. The number of Topliss-reactive ketones (excluding diaryl/α,β-unsaturated/α-hetero) is 1. The zero-order valence-corrected chi connectivity index (χ0v) is 12.1. The Morgan fingerprint density at radius 1 is 1.53 bits per heavy atom. The summed E-state index contributed by atoms with van der Waals surface area (Å²) in [6.45, 7) is 6.47. The monoisotopic (exact) mass is 260 g/mol. The van der Waals surface area contributed by atoms with Crippen LogP contribution in [-0.4, -0.2) is 16.8 Å². The molecule has 2 unspecified atom stereocenters. The van der Waals surface area contributed by atoms with Crippen LogP contribution in [0.25, 0.3) is 0 Å². The Labute approximate surface area is 115 Å². The molecule has 2 N–H and O–H groups in total. The first-order chi connectivity index (χ1) is 8.87. The molecule has 104 valence electrons. The van der Waals surface area contributed by atoms with E-state index < -0.39 is 0 Å². The minimum absolute atomic E-state index is 0.0257. The Morgan fingerprint density at radius 2 is 2.26 bits per heavy atom. The van der Waals surface area contributed by atoms with Gasteiger partial charge in [-0.05, 0) is 36.3 Å². The summed E-state index contributed by atoms with van der Waals surface area (Å²) in [5.74, 6) is 0.233. The fourth-order valence-electron chi connectivity index (χ4n) is 2.99. The first-order valence-electron chi connectivity index (χ1n) is 7.09. The first kappa shape index (κ1) is 14.2. The topological polar surface area (TPSA) is 56.0 Å². The Bertz CT molecular complexity index is 462. The Balaban J connectivity index is 1.99. The summed E-state index contributed by atoms with van der Waals surface area (Å²) in [5.41, 5.74) is 8.49. The number of hydrogen-bond acceptors (Lipinski definition) is 3. The molecule has 0 fully saturated rings. The average Bonchev–Trinajstić information content (AvgIpc) is 2.69. The lowest BCUT2D eigenvalue weighted by molar-refractivity contribution is -0.121. The van der Waals surface area contributed by atoms with Gasteiger partial charge < -0.3 is 5.73 Å². The molecule has 0 bridgehead atoms. The van der Waals surface area contributed by atoms with Crippen LogP contribution in [0.5, 0.6) is 0 Å². The summed E-state index contributed by atoms with van der Waals surface area (Å²) >= 11 is 0. The third-order valence-corrected chi connectivity index (χ3v) is 3.69. The number of nitrogens with zero attached hydrogens (tertiary/aromatic N) is 1. The van der Waals surface area contributed by atoms with E-state index in [0.29, 0.717) is 6.42 Å². The van der Waals surface area contributed by atoms with Crippen LogP contribution in [0.4, 0.5) is 0 Å². The molecule has 0 aliphatic heterocycles. The van der Waals surface area contributed by atoms with Crippen molar-refractivity contribution in [1.82, 2.24) is 4.98 Å². The third-order valence-electron chi connectivity index (χ3n) is 3.69. The molecule has 2 rings (SSSR count). The highest BCUT2D eigenvalue weighted by Gasteiger charge is 2.30. The fourth-order valence-corrected chi connectivity index (χ4v) is 2.99. The number of aryl methyl sites for hydroxylation is 1. The van der Waals surface area contributed by atoms with Crippen LogP contribution < -0.4 is 5.73 Å². The molecule has 1 aliphatic rings. The maximum absolute atomic E-state index is 12.4. The molecule has 0 amide bonds. The van der Waals surface area contributed by atoms with Gasteiger partial charge in [-0.25, -0.2) is 0 Å². The van der Waals surface area contributed by atoms with Gasteiger partial charge in [0.25, 0.3) is 0 Å². The highest BCUT2D eigenvalue weighted by atomic mass is 16.1. The first-order valence-corrected chi connectivity index (χ1v) is 7.09. The lowest BCUT2D eigenvalue weighted by Crippen LogP contribution is -2.30. The van der Waals surface area contributed by atoms with E-state index in [0.717, 1.165) is 25.0 Å². The molecule has 1 aromatic rings. The molecule has 0 saturated heterocycles. The molecule has 0 aromatic carbocycles. The Kier molecular flexibility index (Phi) is 4.04. The van der Waals surface area contributed by atoms with Crippen LogP contribution in [0, 0.1) is 5.41 Å². The SMILES string of the molecule is CC(C)(C)CC(N)CC(=O)C1CCc2cccnc21. The van der Waals surface area contributed by atoms with Gasteiger partial charge in [0.15, 0.2) is 0 Å². The summed E-state index contributed by atoms with van der Waals surface area (Å²) in [4.78, 5) is 16.8. The molecule has 3 heteroatoms. The average molecular weight is 260 g/mol. The van der Waals surface area contributed by atoms with E-state index in [2.05, 4.69) is 31.8 Å². The number of carbonyl (C=O) groups is 1. The zero-order chi connectivity index (χ0) is 14.0. The van der Waals surface area contributed by atoms with Crippen molar-refractivity contribution in [1.29, 1.82) is 0 Å². The van der Waals surface area contributed by atoms with E-state index in [-0.39, 0.29) is 23.2 Å². The van der Waals surface area contributed by atoms with Gasteiger partial charge in [0.05, 0.1) is 11.6 Å². The Morgan fingerprint density at radius 3 is 2.95 bits per heavy atom. The van der Waals surface area contributed by atoms with Crippen molar-refractivity contribution < 1.29 is 4.79 Å². The van der Waals surface area contributed by atoms with Crippen LogP contribution in [-0.2, 0) is 11.2 Å². The molecule has 19 heavy (non-hydrogen) atoms. The van der Waals surface area contributed by atoms with E-state index in [1.165, 1.54) is 5.56 Å². The predicted molar refractivity (Wildman–Crippen MR) is 77.0 cm³/mol. The van der Waals surface area contributed by atoms with E-state index in [1.807, 2.05) is 6.07 Å². The van der Waals surface area contributed by atoms with Gasteiger partial charge in [-0.2, -0.15) is 0 Å². The van der Waals surface area contributed by atoms with E-state index in [9.17, 15) is 4.79 Å². The van der Waals surface area contributed by atoms with Crippen molar-refractivity contribution in [3.8, 4) is 0 Å². The van der Waals surface area contributed by atoms with Crippen molar-refractivity contribution in [3.05, 3.63) is 29.6 Å². The van der Waals surface area contributed by atoms with Gasteiger partial charge >= 0.3 is 0 Å². The van der Waals surface area contributed by atoms with Crippen LogP contribution in [0.2, 0.25) is 0 Å². The van der Waals surface area contributed by atoms with Gasteiger partial charge in [0.2, 0.25) is 0 Å². The van der Waals surface area contributed by atoms with E-state index >= 15 is 0 Å². The zero-order valence-electron chi connectivity index (χ0n) is 12.1. The van der Waals surface area contributed by atoms with Crippen molar-refractivity contribution in [2.75, 3.05) is 0 Å². The maximum Gasteiger partial charge on any atom is 0.143 e. The lowest BCUT2D eigenvalue weighted by Gasteiger charge is -2.23.